The number of benzene rings is 4. The van der Waals surface area contributed by atoms with Crippen LogP contribution >= 0.6 is 15.9 Å². The van der Waals surface area contributed by atoms with Crippen LogP contribution in [0.4, 0.5) is 0 Å². The van der Waals surface area contributed by atoms with Crippen molar-refractivity contribution in [3.8, 4) is 16.9 Å². The van der Waals surface area contributed by atoms with Gasteiger partial charge in [-0.25, -0.2) is 5.43 Å². The van der Waals surface area contributed by atoms with E-state index in [1.54, 1.807) is 6.21 Å². The maximum absolute atomic E-state index is 12.3. The van der Waals surface area contributed by atoms with Gasteiger partial charge in [-0.2, -0.15) is 5.10 Å². The highest BCUT2D eigenvalue weighted by molar-refractivity contribution is 9.10. The minimum atomic E-state index is -0.335. The second-order valence-electron chi connectivity index (χ2n) is 8.31. The second-order valence-corrected chi connectivity index (χ2v) is 9.16. The Morgan fingerprint density at radius 1 is 0.889 bits per heavy atom. The Morgan fingerprint density at radius 3 is 2.39 bits per heavy atom. The minimum absolute atomic E-state index is 0.142. The molecule has 5 aromatic rings. The number of hydrazone groups is 1. The Morgan fingerprint density at radius 2 is 1.61 bits per heavy atom. The first-order valence-corrected chi connectivity index (χ1v) is 12.4. The largest absolute Gasteiger partial charge is 0.483 e. The summed E-state index contributed by atoms with van der Waals surface area (Å²) in [6, 6.07) is 34.4. The molecule has 5 rings (SSSR count). The molecule has 1 aromatic heterocycles. The number of carbonyl (C=O) groups excluding carboxylic acids is 1. The maximum atomic E-state index is 12.3. The quantitative estimate of drug-likeness (QED) is 0.178. The van der Waals surface area contributed by atoms with E-state index in [4.69, 9.17) is 4.74 Å². The Hall–Kier alpha value is -4.16. The van der Waals surface area contributed by atoms with Gasteiger partial charge in [-0.3, -0.25) is 4.79 Å². The van der Waals surface area contributed by atoms with Crippen LogP contribution in [0.25, 0.3) is 22.0 Å². The number of fused-ring (bicyclic) bond motifs is 1. The van der Waals surface area contributed by atoms with Gasteiger partial charge in [0.05, 0.1) is 10.7 Å². The van der Waals surface area contributed by atoms with E-state index in [-0.39, 0.29) is 12.5 Å². The van der Waals surface area contributed by atoms with Crippen molar-refractivity contribution in [3.05, 3.63) is 125 Å². The summed E-state index contributed by atoms with van der Waals surface area (Å²) >= 11 is 3.54. The number of hydrogen-bond donors (Lipinski definition) is 1. The molecule has 1 heterocycles. The number of rotatable bonds is 8. The maximum Gasteiger partial charge on any atom is 0.277 e. The van der Waals surface area contributed by atoms with Gasteiger partial charge in [0, 0.05) is 29.2 Å². The molecular formula is C30H24BrN3O2. The van der Waals surface area contributed by atoms with Crippen LogP contribution in [0.3, 0.4) is 0 Å². The molecule has 36 heavy (non-hydrogen) atoms. The molecule has 1 amide bonds. The lowest BCUT2D eigenvalue weighted by atomic mass is 10.1. The number of aromatic nitrogens is 1. The number of nitrogens with zero attached hydrogens (tertiary/aromatic N) is 2. The van der Waals surface area contributed by atoms with E-state index in [0.29, 0.717) is 5.75 Å². The third-order valence-corrected chi connectivity index (χ3v) is 6.43. The summed E-state index contributed by atoms with van der Waals surface area (Å²) in [5, 5.41) is 5.25. The lowest BCUT2D eigenvalue weighted by Gasteiger charge is -2.09. The first kappa shape index (κ1) is 23.6. The lowest BCUT2D eigenvalue weighted by molar-refractivity contribution is -0.123. The Bertz CT molecular complexity index is 1510. The standard InChI is InChI=1S/C30H24BrN3O2/c31-27-17-24(23-11-5-2-6-12-23)15-16-29(27)36-21-30(35)33-32-18-25-20-34(19-22-9-3-1-4-10-22)28-14-8-7-13-26(25)28/h1-18,20H,19,21H2,(H,33,35)/b32-18+. The fourth-order valence-electron chi connectivity index (χ4n) is 4.07. The van der Waals surface area contributed by atoms with Gasteiger partial charge in [0.1, 0.15) is 5.75 Å². The molecule has 0 saturated carbocycles. The monoisotopic (exact) mass is 537 g/mol. The van der Waals surface area contributed by atoms with Crippen molar-refractivity contribution in [3.63, 3.8) is 0 Å². The van der Waals surface area contributed by atoms with Gasteiger partial charge in [-0.05, 0) is 50.8 Å². The summed E-state index contributed by atoms with van der Waals surface area (Å²) in [7, 11) is 0. The molecule has 0 saturated heterocycles. The fourth-order valence-corrected chi connectivity index (χ4v) is 4.56. The Kier molecular flexibility index (Phi) is 7.24. The molecule has 5 nitrogen and oxygen atoms in total. The van der Waals surface area contributed by atoms with Gasteiger partial charge < -0.3 is 9.30 Å². The molecule has 0 fully saturated rings. The third kappa shape index (κ3) is 5.56. The van der Waals surface area contributed by atoms with Crippen LogP contribution < -0.4 is 10.2 Å². The van der Waals surface area contributed by atoms with Crippen molar-refractivity contribution in [1.82, 2.24) is 9.99 Å². The number of ether oxygens (including phenoxy) is 1. The first-order chi connectivity index (χ1) is 17.7. The minimum Gasteiger partial charge on any atom is -0.483 e. The number of carbonyl (C=O) groups is 1. The average Bonchev–Trinajstić information content (AvgIpc) is 3.26. The normalized spacial score (nSPS) is 11.1. The SMILES string of the molecule is O=C(COc1ccc(-c2ccccc2)cc1Br)N/N=C/c1cn(Cc2ccccc2)c2ccccc12. The molecule has 6 heteroatoms. The van der Waals surface area contributed by atoms with E-state index in [0.717, 1.165) is 38.6 Å². The lowest BCUT2D eigenvalue weighted by Crippen LogP contribution is -2.24. The van der Waals surface area contributed by atoms with Crippen LogP contribution in [-0.4, -0.2) is 23.3 Å². The molecule has 0 atom stereocenters. The molecule has 0 unspecified atom stereocenters. The van der Waals surface area contributed by atoms with E-state index in [9.17, 15) is 4.79 Å². The van der Waals surface area contributed by atoms with E-state index in [2.05, 4.69) is 61.5 Å². The molecule has 0 aliphatic rings. The van der Waals surface area contributed by atoms with Gasteiger partial charge in [0.2, 0.25) is 0 Å². The van der Waals surface area contributed by atoms with Gasteiger partial charge in [-0.15, -0.1) is 0 Å². The van der Waals surface area contributed by atoms with Gasteiger partial charge >= 0.3 is 0 Å². The van der Waals surface area contributed by atoms with E-state index >= 15 is 0 Å². The molecule has 0 aliphatic carbocycles. The van der Waals surface area contributed by atoms with Crippen molar-refractivity contribution in [2.24, 2.45) is 5.10 Å². The van der Waals surface area contributed by atoms with Gasteiger partial charge in [0.25, 0.3) is 5.91 Å². The second kappa shape index (κ2) is 11.1. The summed E-state index contributed by atoms with van der Waals surface area (Å²) in [4.78, 5) is 12.3. The molecule has 1 N–H and O–H groups in total. The van der Waals surface area contributed by atoms with E-state index < -0.39 is 0 Å². The van der Waals surface area contributed by atoms with Crippen LogP contribution in [0.5, 0.6) is 5.75 Å². The van der Waals surface area contributed by atoms with Crippen LogP contribution in [0.1, 0.15) is 11.1 Å². The summed E-state index contributed by atoms with van der Waals surface area (Å²) in [6.07, 6.45) is 3.72. The summed E-state index contributed by atoms with van der Waals surface area (Å²) in [6.45, 7) is 0.615. The summed E-state index contributed by atoms with van der Waals surface area (Å²) < 4.78 is 8.67. The first-order valence-electron chi connectivity index (χ1n) is 11.6. The molecular weight excluding hydrogens is 514 g/mol. The highest BCUT2D eigenvalue weighted by atomic mass is 79.9. The van der Waals surface area contributed by atoms with Crippen LogP contribution in [0, 0.1) is 0 Å². The topological polar surface area (TPSA) is 55.6 Å². The molecule has 0 bridgehead atoms. The zero-order chi connectivity index (χ0) is 24.7. The molecule has 178 valence electrons. The summed E-state index contributed by atoms with van der Waals surface area (Å²) in [5.41, 5.74) is 8.00. The Labute approximate surface area is 218 Å². The van der Waals surface area contributed by atoms with Crippen molar-refractivity contribution in [2.75, 3.05) is 6.61 Å². The molecule has 4 aromatic carbocycles. The zero-order valence-electron chi connectivity index (χ0n) is 19.5. The predicted molar refractivity (Wildman–Crippen MR) is 148 cm³/mol. The molecule has 0 aliphatic heterocycles. The van der Waals surface area contributed by atoms with Crippen molar-refractivity contribution in [1.29, 1.82) is 0 Å². The highest BCUT2D eigenvalue weighted by Gasteiger charge is 2.09. The zero-order valence-corrected chi connectivity index (χ0v) is 21.1. The van der Waals surface area contributed by atoms with Crippen LogP contribution in [0.2, 0.25) is 0 Å². The smallest absolute Gasteiger partial charge is 0.277 e. The number of amides is 1. The number of halogens is 1. The molecule has 0 spiro atoms. The Balaban J connectivity index is 1.21. The average molecular weight is 538 g/mol. The van der Waals surface area contributed by atoms with Crippen LogP contribution in [-0.2, 0) is 11.3 Å². The highest BCUT2D eigenvalue weighted by Crippen LogP contribution is 2.30. The van der Waals surface area contributed by atoms with Crippen molar-refractivity contribution in [2.45, 2.75) is 6.54 Å². The van der Waals surface area contributed by atoms with Crippen molar-refractivity contribution >= 4 is 39.0 Å². The van der Waals surface area contributed by atoms with E-state index in [1.807, 2.05) is 78.9 Å². The predicted octanol–water partition coefficient (Wildman–Crippen LogP) is 6.65. The molecule has 0 radical (unpaired) electrons. The number of hydrogen-bond acceptors (Lipinski definition) is 3. The van der Waals surface area contributed by atoms with Gasteiger partial charge in [-0.1, -0.05) is 84.9 Å². The fraction of sp³-hybridized carbons (Fsp3) is 0.0667. The van der Waals surface area contributed by atoms with E-state index in [1.165, 1.54) is 5.56 Å². The van der Waals surface area contributed by atoms with Crippen molar-refractivity contribution < 1.29 is 9.53 Å². The third-order valence-electron chi connectivity index (χ3n) is 5.81. The van der Waals surface area contributed by atoms with Crippen LogP contribution in [0.15, 0.2) is 119 Å². The number of para-hydroxylation sites is 1. The summed E-state index contributed by atoms with van der Waals surface area (Å²) in [5.74, 6) is 0.260. The van der Waals surface area contributed by atoms with Gasteiger partial charge in [0.15, 0.2) is 6.61 Å². The number of nitrogens with one attached hydrogen (secondary N) is 1.